The Labute approximate surface area is 175 Å². The van der Waals surface area contributed by atoms with E-state index in [4.69, 9.17) is 4.74 Å². The monoisotopic (exact) mass is 411 g/mol. The van der Waals surface area contributed by atoms with Gasteiger partial charge >= 0.3 is 6.09 Å². The number of hydrogen-bond donors (Lipinski definition) is 1. The third kappa shape index (κ3) is 3.87. The number of benzene rings is 1. The molecule has 8 nitrogen and oxygen atoms in total. The maximum Gasteiger partial charge on any atom is 0.409 e. The van der Waals surface area contributed by atoms with E-state index in [1.54, 1.807) is 6.07 Å². The molecule has 1 aromatic heterocycles. The molecule has 0 spiro atoms. The quantitative estimate of drug-likeness (QED) is 0.835. The van der Waals surface area contributed by atoms with Gasteiger partial charge in [-0.1, -0.05) is 37.3 Å². The first kappa shape index (κ1) is 19.3. The second kappa shape index (κ2) is 8.24. The maximum atomic E-state index is 12.9. The number of rotatable bonds is 4. The number of aromatic nitrogens is 3. The Kier molecular flexibility index (Phi) is 5.31. The molecule has 0 unspecified atom stereocenters. The summed E-state index contributed by atoms with van der Waals surface area (Å²) in [7, 11) is 0. The Morgan fingerprint density at radius 1 is 1.03 bits per heavy atom. The Morgan fingerprint density at radius 2 is 1.77 bits per heavy atom. The lowest BCUT2D eigenvalue weighted by Gasteiger charge is -2.23. The minimum atomic E-state index is -0.186. The minimum Gasteiger partial charge on any atom is -0.449 e. The van der Waals surface area contributed by atoms with Crippen LogP contribution >= 0.6 is 0 Å². The highest BCUT2D eigenvalue weighted by molar-refractivity contribution is 5.97. The highest BCUT2D eigenvalue weighted by Crippen LogP contribution is 2.32. The molecule has 1 aliphatic carbocycles. The largest absolute Gasteiger partial charge is 0.449 e. The summed E-state index contributed by atoms with van der Waals surface area (Å²) in [4.78, 5) is 29.1. The van der Waals surface area contributed by atoms with E-state index in [1.807, 2.05) is 21.9 Å². The summed E-state index contributed by atoms with van der Waals surface area (Å²) in [6.45, 7) is 3.26. The maximum absolute atomic E-state index is 12.9. The molecular weight excluding hydrogens is 382 g/mol. The molecule has 0 bridgehead atoms. The lowest BCUT2D eigenvalue weighted by Crippen LogP contribution is -2.36. The topological polar surface area (TPSA) is 91.4 Å². The van der Waals surface area contributed by atoms with Crippen molar-refractivity contribution in [2.75, 3.05) is 32.8 Å². The van der Waals surface area contributed by atoms with E-state index in [0.717, 1.165) is 17.9 Å². The van der Waals surface area contributed by atoms with Crippen LogP contribution in [-0.4, -0.2) is 70.0 Å². The van der Waals surface area contributed by atoms with Gasteiger partial charge < -0.3 is 14.5 Å². The highest BCUT2D eigenvalue weighted by atomic mass is 16.6. The van der Waals surface area contributed by atoms with Crippen LogP contribution in [0.2, 0.25) is 0 Å². The number of ether oxygens (including phenoxy) is 1. The summed E-state index contributed by atoms with van der Waals surface area (Å²) < 4.78 is 5.56. The normalized spacial score (nSPS) is 24.4. The number of fused-ring (bicyclic) bond motifs is 2. The molecule has 2 aromatic rings. The van der Waals surface area contributed by atoms with Gasteiger partial charge in [0.2, 0.25) is 0 Å². The lowest BCUT2D eigenvalue weighted by atomic mass is 9.87. The van der Waals surface area contributed by atoms with Gasteiger partial charge in [0.1, 0.15) is 5.52 Å². The van der Waals surface area contributed by atoms with Crippen LogP contribution in [0.25, 0.3) is 11.0 Å². The number of amides is 2. The molecule has 2 saturated heterocycles. The number of H-pyrrole nitrogens is 1. The molecule has 2 atom stereocenters. The average Bonchev–Trinajstić information content (AvgIpc) is 3.48. The van der Waals surface area contributed by atoms with Gasteiger partial charge in [-0.05, 0) is 30.5 Å². The summed E-state index contributed by atoms with van der Waals surface area (Å²) in [5, 5.41) is 10.6. The van der Waals surface area contributed by atoms with E-state index >= 15 is 0 Å². The van der Waals surface area contributed by atoms with Crippen molar-refractivity contribution in [3.8, 4) is 0 Å². The van der Waals surface area contributed by atoms with Crippen molar-refractivity contribution >= 4 is 23.0 Å². The van der Waals surface area contributed by atoms with Crippen LogP contribution in [0, 0.1) is 17.8 Å². The molecule has 160 valence electrons. The second-order valence-electron chi connectivity index (χ2n) is 9.09. The summed E-state index contributed by atoms with van der Waals surface area (Å²) in [5.41, 5.74) is 2.15. The van der Waals surface area contributed by atoms with Crippen LogP contribution in [0.4, 0.5) is 4.79 Å². The number of carbonyl (C=O) groups is 2. The Balaban J connectivity index is 1.10. The zero-order chi connectivity index (χ0) is 20.5. The molecule has 2 aliphatic heterocycles. The molecular formula is C22H29N5O3. The Hall–Kier alpha value is -2.64. The molecule has 1 saturated carbocycles. The van der Waals surface area contributed by atoms with Crippen LogP contribution in [0.5, 0.6) is 0 Å². The molecule has 2 amide bonds. The van der Waals surface area contributed by atoms with Crippen LogP contribution < -0.4 is 0 Å². The summed E-state index contributed by atoms with van der Waals surface area (Å²) in [6.07, 6.45) is 7.34. The van der Waals surface area contributed by atoms with E-state index in [9.17, 15) is 9.59 Å². The molecule has 3 aliphatic rings. The average molecular weight is 412 g/mol. The first-order valence-corrected chi connectivity index (χ1v) is 11.2. The smallest absolute Gasteiger partial charge is 0.409 e. The molecule has 8 heteroatoms. The summed E-state index contributed by atoms with van der Waals surface area (Å²) in [6, 6.07) is 5.43. The third-order valence-corrected chi connectivity index (χ3v) is 7.08. The zero-order valence-electron chi connectivity index (χ0n) is 17.3. The van der Waals surface area contributed by atoms with E-state index in [2.05, 4.69) is 15.4 Å². The fourth-order valence-electron chi connectivity index (χ4n) is 5.35. The molecule has 1 N–H and O–H groups in total. The van der Waals surface area contributed by atoms with E-state index in [0.29, 0.717) is 55.7 Å². The van der Waals surface area contributed by atoms with Crippen LogP contribution in [-0.2, 0) is 4.74 Å². The number of likely N-dealkylation sites (tertiary alicyclic amines) is 2. The fraction of sp³-hybridized carbons (Fsp3) is 0.636. The molecule has 30 heavy (non-hydrogen) atoms. The molecule has 1 aromatic carbocycles. The van der Waals surface area contributed by atoms with Gasteiger partial charge in [-0.15, -0.1) is 5.10 Å². The van der Waals surface area contributed by atoms with Gasteiger partial charge in [-0.2, -0.15) is 0 Å². The van der Waals surface area contributed by atoms with Gasteiger partial charge in [0.15, 0.2) is 0 Å². The van der Waals surface area contributed by atoms with E-state index in [1.165, 1.54) is 32.1 Å². The Morgan fingerprint density at radius 3 is 2.53 bits per heavy atom. The van der Waals surface area contributed by atoms with Crippen molar-refractivity contribution < 1.29 is 14.3 Å². The molecule has 5 rings (SSSR count). The summed E-state index contributed by atoms with van der Waals surface area (Å²) >= 11 is 0. The van der Waals surface area contributed by atoms with Crippen LogP contribution in [0.3, 0.4) is 0 Å². The molecule has 0 radical (unpaired) electrons. The van der Waals surface area contributed by atoms with Gasteiger partial charge in [0.05, 0.1) is 12.1 Å². The van der Waals surface area contributed by atoms with Crippen molar-refractivity contribution in [3.63, 3.8) is 0 Å². The van der Waals surface area contributed by atoms with Gasteiger partial charge in [-0.3, -0.25) is 9.89 Å². The Bertz CT molecular complexity index is 908. The fourth-order valence-corrected chi connectivity index (χ4v) is 5.35. The summed E-state index contributed by atoms with van der Waals surface area (Å²) in [5.74, 6) is 1.41. The number of aromatic amines is 1. The van der Waals surface area contributed by atoms with Crippen molar-refractivity contribution in [1.82, 2.24) is 25.2 Å². The van der Waals surface area contributed by atoms with Crippen molar-refractivity contribution in [2.24, 2.45) is 17.8 Å². The van der Waals surface area contributed by atoms with Crippen LogP contribution in [0.15, 0.2) is 18.2 Å². The SMILES string of the molecule is O=C(OCCC1CCCCC1)N1C[C@@H]2CN(C(=O)c3ccc4[nH]nnc4c3)C[C@H]2C1. The predicted octanol–water partition coefficient (Wildman–Crippen LogP) is 3.07. The van der Waals surface area contributed by atoms with Crippen molar-refractivity contribution in [2.45, 2.75) is 38.5 Å². The second-order valence-corrected chi connectivity index (χ2v) is 9.09. The van der Waals surface area contributed by atoms with Crippen molar-refractivity contribution in [1.29, 1.82) is 0 Å². The van der Waals surface area contributed by atoms with Crippen molar-refractivity contribution in [3.05, 3.63) is 23.8 Å². The standard InChI is InChI=1S/C22H29N5O3/c28-21(16-6-7-19-20(10-16)24-25-23-19)26-11-17-13-27(14-18(17)12-26)22(29)30-9-8-15-4-2-1-3-5-15/h6-7,10,15,17-18H,1-5,8-9,11-14H2,(H,23,24,25)/t17-,18-/m0/s1. The van der Waals surface area contributed by atoms with E-state index in [-0.39, 0.29) is 12.0 Å². The van der Waals surface area contributed by atoms with Gasteiger partial charge in [0.25, 0.3) is 5.91 Å². The van der Waals surface area contributed by atoms with Gasteiger partial charge in [-0.25, -0.2) is 4.79 Å². The number of hydrogen-bond acceptors (Lipinski definition) is 5. The van der Waals surface area contributed by atoms with E-state index < -0.39 is 0 Å². The number of carbonyl (C=O) groups excluding carboxylic acids is 2. The highest BCUT2D eigenvalue weighted by Gasteiger charge is 2.43. The zero-order valence-corrected chi connectivity index (χ0v) is 17.3. The number of nitrogens with zero attached hydrogens (tertiary/aromatic N) is 4. The molecule has 3 heterocycles. The first-order chi connectivity index (χ1) is 14.7. The molecule has 3 fully saturated rings. The first-order valence-electron chi connectivity index (χ1n) is 11.2. The van der Waals surface area contributed by atoms with Crippen LogP contribution in [0.1, 0.15) is 48.9 Å². The third-order valence-electron chi connectivity index (χ3n) is 7.08. The minimum absolute atomic E-state index is 0.0240. The number of nitrogens with one attached hydrogen (secondary N) is 1. The predicted molar refractivity (Wildman–Crippen MR) is 111 cm³/mol. The lowest BCUT2D eigenvalue weighted by molar-refractivity contribution is 0.0764. The van der Waals surface area contributed by atoms with Gasteiger partial charge in [0, 0.05) is 43.6 Å².